The first-order valence-corrected chi connectivity index (χ1v) is 8.92. The summed E-state index contributed by atoms with van der Waals surface area (Å²) < 4.78 is 2.64. The molecule has 1 unspecified atom stereocenters. The third-order valence-electron chi connectivity index (χ3n) is 3.91. The number of hydrogen-bond donors (Lipinski definition) is 0. The standard InChI is InChI=1S/C18H21BrClN3O/c1-13(20)4-9-16(23-12-21-11-22-23)17(24)18(2,3)10-14-5-7-15(19)8-6-14/h4-8,11-12,16H,9-10H2,1-3H3/b13-4-. The molecule has 0 fully saturated rings. The van der Waals surface area contributed by atoms with Crippen LogP contribution in [-0.2, 0) is 11.2 Å². The Morgan fingerprint density at radius 1 is 1.38 bits per heavy atom. The highest BCUT2D eigenvalue weighted by atomic mass is 79.9. The summed E-state index contributed by atoms with van der Waals surface area (Å²) in [6.07, 6.45) is 6.03. The van der Waals surface area contributed by atoms with Crippen molar-refractivity contribution >= 4 is 33.3 Å². The fourth-order valence-corrected chi connectivity index (χ4v) is 2.99. The van der Waals surface area contributed by atoms with E-state index in [4.69, 9.17) is 11.6 Å². The van der Waals surface area contributed by atoms with Gasteiger partial charge in [0.15, 0.2) is 5.78 Å². The van der Waals surface area contributed by atoms with E-state index in [-0.39, 0.29) is 5.78 Å². The van der Waals surface area contributed by atoms with Crippen LogP contribution in [0.4, 0.5) is 0 Å². The zero-order valence-electron chi connectivity index (χ0n) is 14.0. The lowest BCUT2D eigenvalue weighted by Gasteiger charge is -2.28. The number of rotatable bonds is 7. The molecular formula is C18H21BrClN3O. The van der Waals surface area contributed by atoms with Gasteiger partial charge in [0, 0.05) is 14.9 Å². The highest BCUT2D eigenvalue weighted by Crippen LogP contribution is 2.31. The van der Waals surface area contributed by atoms with Crippen molar-refractivity contribution in [3.8, 4) is 0 Å². The summed E-state index contributed by atoms with van der Waals surface area (Å²) in [5.74, 6) is 0.116. The molecule has 2 aromatic rings. The van der Waals surface area contributed by atoms with Crippen molar-refractivity contribution in [2.75, 3.05) is 0 Å². The van der Waals surface area contributed by atoms with Crippen LogP contribution in [0, 0.1) is 5.41 Å². The maximum Gasteiger partial charge on any atom is 0.163 e. The lowest BCUT2D eigenvalue weighted by atomic mass is 9.78. The van der Waals surface area contributed by atoms with Crippen LogP contribution in [0.3, 0.4) is 0 Å². The van der Waals surface area contributed by atoms with Gasteiger partial charge in [-0.3, -0.25) is 4.79 Å². The first-order valence-electron chi connectivity index (χ1n) is 7.75. The summed E-state index contributed by atoms with van der Waals surface area (Å²) in [7, 11) is 0. The van der Waals surface area contributed by atoms with E-state index in [2.05, 4.69) is 26.0 Å². The number of ketones is 1. The molecule has 128 valence electrons. The molecule has 1 aromatic carbocycles. The van der Waals surface area contributed by atoms with Gasteiger partial charge >= 0.3 is 0 Å². The maximum absolute atomic E-state index is 13.2. The predicted molar refractivity (Wildman–Crippen MR) is 99.9 cm³/mol. The Bertz CT molecular complexity index is 704. The highest BCUT2D eigenvalue weighted by molar-refractivity contribution is 9.10. The average molecular weight is 411 g/mol. The molecule has 0 amide bonds. The van der Waals surface area contributed by atoms with Gasteiger partial charge in [0.25, 0.3) is 0 Å². The molecule has 0 saturated carbocycles. The number of halogens is 2. The van der Waals surface area contributed by atoms with Gasteiger partial charge in [0.1, 0.15) is 18.7 Å². The van der Waals surface area contributed by atoms with Gasteiger partial charge in [-0.15, -0.1) is 0 Å². The molecule has 0 bridgehead atoms. The van der Waals surface area contributed by atoms with Gasteiger partial charge in [-0.1, -0.05) is 59.6 Å². The number of benzene rings is 1. The number of nitrogens with zero attached hydrogens (tertiary/aromatic N) is 3. The van der Waals surface area contributed by atoms with Crippen molar-refractivity contribution in [3.05, 3.63) is 58.1 Å². The van der Waals surface area contributed by atoms with Crippen molar-refractivity contribution in [2.24, 2.45) is 5.41 Å². The Labute approximate surface area is 156 Å². The van der Waals surface area contributed by atoms with E-state index < -0.39 is 11.5 Å². The van der Waals surface area contributed by atoms with Gasteiger partial charge in [-0.25, -0.2) is 9.67 Å². The zero-order chi connectivity index (χ0) is 17.7. The second-order valence-corrected chi connectivity index (χ2v) is 7.98. The Morgan fingerprint density at radius 3 is 2.58 bits per heavy atom. The van der Waals surface area contributed by atoms with Crippen LogP contribution in [0.5, 0.6) is 0 Å². The van der Waals surface area contributed by atoms with E-state index in [1.165, 1.54) is 6.33 Å². The normalized spacial score (nSPS) is 13.8. The minimum absolute atomic E-state index is 0.116. The molecule has 24 heavy (non-hydrogen) atoms. The van der Waals surface area contributed by atoms with E-state index in [0.29, 0.717) is 17.9 Å². The molecule has 0 aliphatic heterocycles. The van der Waals surface area contributed by atoms with E-state index in [1.54, 1.807) is 17.9 Å². The largest absolute Gasteiger partial charge is 0.297 e. The average Bonchev–Trinajstić information content (AvgIpc) is 3.03. The molecule has 0 saturated heterocycles. The highest BCUT2D eigenvalue weighted by Gasteiger charge is 2.34. The van der Waals surface area contributed by atoms with Crippen molar-refractivity contribution in [1.82, 2.24) is 14.8 Å². The quantitative estimate of drug-likeness (QED) is 0.648. The smallest absolute Gasteiger partial charge is 0.163 e. The topological polar surface area (TPSA) is 47.8 Å². The predicted octanol–water partition coefficient (Wildman–Crippen LogP) is 4.95. The zero-order valence-corrected chi connectivity index (χ0v) is 16.4. The van der Waals surface area contributed by atoms with Crippen LogP contribution in [-0.4, -0.2) is 20.5 Å². The van der Waals surface area contributed by atoms with E-state index in [9.17, 15) is 4.79 Å². The number of aromatic nitrogens is 3. The molecule has 0 radical (unpaired) electrons. The fourth-order valence-electron chi connectivity index (χ4n) is 2.64. The molecule has 6 heteroatoms. The molecule has 0 spiro atoms. The van der Waals surface area contributed by atoms with Crippen LogP contribution in [0.15, 0.2) is 52.5 Å². The van der Waals surface area contributed by atoms with Crippen LogP contribution >= 0.6 is 27.5 Å². The number of allylic oxidation sites excluding steroid dienone is 2. The summed E-state index contributed by atoms with van der Waals surface area (Å²) in [5, 5.41) is 4.82. The molecule has 0 N–H and O–H groups in total. The first kappa shape index (κ1) is 18.9. The minimum Gasteiger partial charge on any atom is -0.297 e. The second kappa shape index (κ2) is 8.08. The Hall–Kier alpha value is -1.46. The van der Waals surface area contributed by atoms with Gasteiger partial charge in [0.05, 0.1) is 0 Å². The van der Waals surface area contributed by atoms with Gasteiger partial charge in [0.2, 0.25) is 0 Å². The fraction of sp³-hybridized carbons (Fsp3) is 0.389. The SMILES string of the molecule is C/C(Cl)=C/CC(C(=O)C(C)(C)Cc1ccc(Br)cc1)n1cncn1. The van der Waals surface area contributed by atoms with Crippen LogP contribution in [0.2, 0.25) is 0 Å². The minimum atomic E-state index is -0.529. The van der Waals surface area contributed by atoms with Gasteiger partial charge in [-0.05, 0) is 37.5 Å². The maximum atomic E-state index is 13.2. The van der Waals surface area contributed by atoms with Crippen LogP contribution in [0.25, 0.3) is 0 Å². The van der Waals surface area contributed by atoms with Crippen molar-refractivity contribution in [2.45, 2.75) is 39.7 Å². The Balaban J connectivity index is 2.23. The number of carbonyl (C=O) groups excluding carboxylic acids is 1. The van der Waals surface area contributed by atoms with Crippen molar-refractivity contribution < 1.29 is 4.79 Å². The second-order valence-electron chi connectivity index (χ2n) is 6.47. The molecule has 4 nitrogen and oxygen atoms in total. The summed E-state index contributed by atoms with van der Waals surface area (Å²) in [6.45, 7) is 5.74. The summed E-state index contributed by atoms with van der Waals surface area (Å²) >= 11 is 9.38. The molecule has 1 aromatic heterocycles. The van der Waals surface area contributed by atoms with Gasteiger partial charge < -0.3 is 0 Å². The van der Waals surface area contributed by atoms with E-state index in [1.807, 2.05) is 44.2 Å². The number of carbonyl (C=O) groups is 1. The van der Waals surface area contributed by atoms with Gasteiger partial charge in [-0.2, -0.15) is 5.10 Å². The molecule has 1 atom stereocenters. The van der Waals surface area contributed by atoms with E-state index >= 15 is 0 Å². The first-order chi connectivity index (χ1) is 11.3. The molecular weight excluding hydrogens is 390 g/mol. The Morgan fingerprint density at radius 2 is 2.04 bits per heavy atom. The van der Waals surface area contributed by atoms with Crippen LogP contribution in [0.1, 0.15) is 38.8 Å². The third-order valence-corrected chi connectivity index (χ3v) is 4.59. The lowest BCUT2D eigenvalue weighted by molar-refractivity contribution is -0.130. The van der Waals surface area contributed by atoms with Crippen molar-refractivity contribution in [1.29, 1.82) is 0 Å². The summed E-state index contributed by atoms with van der Waals surface area (Å²) in [5.41, 5.74) is 0.594. The molecule has 0 aliphatic rings. The monoisotopic (exact) mass is 409 g/mol. The summed E-state index contributed by atoms with van der Waals surface area (Å²) in [6, 6.07) is 7.64. The number of Topliss-reactive ketones (excluding diaryl/α,β-unsaturated/α-hetero) is 1. The third kappa shape index (κ3) is 5.02. The molecule has 0 aliphatic carbocycles. The van der Waals surface area contributed by atoms with Crippen molar-refractivity contribution in [3.63, 3.8) is 0 Å². The van der Waals surface area contributed by atoms with E-state index in [0.717, 1.165) is 10.0 Å². The Kier molecular flexibility index (Phi) is 6.35. The molecule has 1 heterocycles. The molecule has 2 rings (SSSR count). The number of hydrogen-bond acceptors (Lipinski definition) is 3. The lowest BCUT2D eigenvalue weighted by Crippen LogP contribution is -2.34. The van der Waals surface area contributed by atoms with Crippen LogP contribution < -0.4 is 0 Å². The summed E-state index contributed by atoms with van der Waals surface area (Å²) in [4.78, 5) is 17.1.